The van der Waals surface area contributed by atoms with Gasteiger partial charge < -0.3 is 14.2 Å². The number of hydrogen-bond donors (Lipinski definition) is 0. The van der Waals surface area contributed by atoms with Gasteiger partial charge in [0.05, 0.1) is 23.0 Å². The molecule has 0 bridgehead atoms. The smallest absolute Gasteiger partial charge is 0.417 e. The number of amides is 1. The molecule has 1 saturated heterocycles. The van der Waals surface area contributed by atoms with Gasteiger partial charge in [-0.25, -0.2) is 4.98 Å². The Bertz CT molecular complexity index is 1360. The van der Waals surface area contributed by atoms with Crippen LogP contribution in [0.5, 0.6) is 5.88 Å². The molecule has 1 aromatic carbocycles. The van der Waals surface area contributed by atoms with Gasteiger partial charge in [0.1, 0.15) is 6.61 Å². The van der Waals surface area contributed by atoms with Crippen LogP contribution in [-0.2, 0) is 19.8 Å². The van der Waals surface area contributed by atoms with E-state index in [0.29, 0.717) is 34.4 Å². The lowest BCUT2D eigenvalue weighted by Gasteiger charge is -2.30. The number of benzene rings is 1. The number of carbonyl (C=O) groups excluding carboxylic acids is 1. The standard InChI is InChI=1S/C23H19F3N6O3/c1-31-18(13-34-19-7-6-16(11-27-19)23(24,25)26)17(12-28-31)21-29-20(30-35-21)14-4-2-5-15(10-14)22(33)32-8-3-9-32/h2,4-7,10-12H,3,8-9,13H2,1H3. The van der Waals surface area contributed by atoms with Gasteiger partial charge in [0.15, 0.2) is 0 Å². The fraction of sp³-hybridized carbons (Fsp3) is 0.261. The van der Waals surface area contributed by atoms with Crippen LogP contribution in [0.3, 0.4) is 0 Å². The third kappa shape index (κ3) is 4.59. The molecular weight excluding hydrogens is 465 g/mol. The molecule has 1 aliphatic heterocycles. The van der Waals surface area contributed by atoms with E-state index in [1.807, 2.05) is 0 Å². The molecule has 180 valence electrons. The van der Waals surface area contributed by atoms with Crippen LogP contribution in [-0.4, -0.2) is 48.8 Å². The lowest BCUT2D eigenvalue weighted by atomic mass is 10.1. The van der Waals surface area contributed by atoms with E-state index in [9.17, 15) is 18.0 Å². The summed E-state index contributed by atoms with van der Waals surface area (Å²) in [6, 6.07) is 9.06. The average molecular weight is 484 g/mol. The molecule has 12 heteroatoms. The highest BCUT2D eigenvalue weighted by molar-refractivity contribution is 5.95. The third-order valence-electron chi connectivity index (χ3n) is 5.65. The van der Waals surface area contributed by atoms with E-state index in [0.717, 1.165) is 31.6 Å². The van der Waals surface area contributed by atoms with E-state index in [4.69, 9.17) is 9.26 Å². The lowest BCUT2D eigenvalue weighted by molar-refractivity contribution is -0.137. The lowest BCUT2D eigenvalue weighted by Crippen LogP contribution is -2.42. The predicted molar refractivity (Wildman–Crippen MR) is 116 cm³/mol. The quantitative estimate of drug-likeness (QED) is 0.408. The number of aryl methyl sites for hydroxylation is 1. The molecule has 1 fully saturated rings. The number of likely N-dealkylation sites (tertiary alicyclic amines) is 1. The number of nitrogens with zero attached hydrogens (tertiary/aromatic N) is 6. The molecule has 0 atom stereocenters. The van der Waals surface area contributed by atoms with E-state index >= 15 is 0 Å². The van der Waals surface area contributed by atoms with Crippen LogP contribution in [0, 0.1) is 0 Å². The van der Waals surface area contributed by atoms with Crippen LogP contribution in [0.2, 0.25) is 0 Å². The summed E-state index contributed by atoms with van der Waals surface area (Å²) in [5.74, 6) is 0.482. The van der Waals surface area contributed by atoms with Crippen LogP contribution in [0.25, 0.3) is 22.8 Å². The van der Waals surface area contributed by atoms with Gasteiger partial charge in [-0.2, -0.15) is 23.3 Å². The first-order chi connectivity index (χ1) is 16.8. The van der Waals surface area contributed by atoms with Crippen molar-refractivity contribution in [1.82, 2.24) is 29.8 Å². The van der Waals surface area contributed by atoms with Gasteiger partial charge in [-0.3, -0.25) is 9.48 Å². The van der Waals surface area contributed by atoms with Gasteiger partial charge in [0.2, 0.25) is 11.7 Å². The second-order valence-electron chi connectivity index (χ2n) is 7.95. The predicted octanol–water partition coefficient (Wildman–Crippen LogP) is 3.98. The second-order valence-corrected chi connectivity index (χ2v) is 7.95. The molecule has 0 saturated carbocycles. The zero-order valence-electron chi connectivity index (χ0n) is 18.5. The number of aromatic nitrogens is 5. The van der Waals surface area contributed by atoms with Crippen molar-refractivity contribution in [2.24, 2.45) is 7.05 Å². The molecule has 5 rings (SSSR count). The van der Waals surface area contributed by atoms with E-state index in [1.165, 1.54) is 10.9 Å². The Morgan fingerprint density at radius 2 is 2.00 bits per heavy atom. The summed E-state index contributed by atoms with van der Waals surface area (Å²) >= 11 is 0. The van der Waals surface area contributed by atoms with Crippen molar-refractivity contribution in [2.45, 2.75) is 19.2 Å². The maximum absolute atomic E-state index is 12.7. The highest BCUT2D eigenvalue weighted by atomic mass is 19.4. The van der Waals surface area contributed by atoms with Crippen LogP contribution < -0.4 is 4.74 Å². The van der Waals surface area contributed by atoms with Crippen molar-refractivity contribution in [3.63, 3.8) is 0 Å². The first kappa shape index (κ1) is 22.6. The molecule has 0 unspecified atom stereocenters. The van der Waals surface area contributed by atoms with E-state index in [2.05, 4.69) is 20.2 Å². The molecule has 3 aromatic heterocycles. The number of alkyl halides is 3. The molecule has 1 amide bonds. The summed E-state index contributed by atoms with van der Waals surface area (Å²) in [7, 11) is 1.69. The van der Waals surface area contributed by atoms with Crippen molar-refractivity contribution < 1.29 is 27.2 Å². The molecule has 35 heavy (non-hydrogen) atoms. The fourth-order valence-electron chi connectivity index (χ4n) is 3.53. The Hall–Kier alpha value is -4.22. The topological polar surface area (TPSA) is 99.2 Å². The van der Waals surface area contributed by atoms with Crippen LogP contribution in [0.15, 0.2) is 53.3 Å². The normalized spacial score (nSPS) is 13.5. The van der Waals surface area contributed by atoms with Gasteiger partial charge in [0, 0.05) is 43.5 Å². The highest BCUT2D eigenvalue weighted by Gasteiger charge is 2.30. The van der Waals surface area contributed by atoms with Crippen molar-refractivity contribution in [2.75, 3.05) is 13.1 Å². The molecule has 9 nitrogen and oxygen atoms in total. The van der Waals surface area contributed by atoms with Crippen molar-refractivity contribution in [1.29, 1.82) is 0 Å². The minimum atomic E-state index is -4.47. The second kappa shape index (κ2) is 8.85. The number of ether oxygens (including phenoxy) is 1. The molecule has 4 aromatic rings. The van der Waals surface area contributed by atoms with E-state index in [1.54, 1.807) is 36.2 Å². The van der Waals surface area contributed by atoms with Crippen molar-refractivity contribution in [3.8, 4) is 28.7 Å². The summed E-state index contributed by atoms with van der Waals surface area (Å²) in [5, 5.41) is 8.23. The van der Waals surface area contributed by atoms with Crippen LogP contribution in [0.1, 0.15) is 28.0 Å². The third-order valence-corrected chi connectivity index (χ3v) is 5.65. The Balaban J connectivity index is 1.34. The Morgan fingerprint density at radius 3 is 2.69 bits per heavy atom. The number of halogens is 3. The van der Waals surface area contributed by atoms with Crippen LogP contribution in [0.4, 0.5) is 13.2 Å². The highest BCUT2D eigenvalue weighted by Crippen LogP contribution is 2.30. The zero-order valence-corrected chi connectivity index (χ0v) is 18.5. The summed E-state index contributed by atoms with van der Waals surface area (Å²) in [4.78, 5) is 22.4. The molecule has 4 heterocycles. The summed E-state index contributed by atoms with van der Waals surface area (Å²) in [5.41, 5.74) is 1.38. The Morgan fingerprint density at radius 1 is 1.17 bits per heavy atom. The largest absolute Gasteiger partial charge is 0.471 e. The number of pyridine rings is 1. The maximum atomic E-state index is 12.7. The monoisotopic (exact) mass is 484 g/mol. The number of rotatable bonds is 6. The van der Waals surface area contributed by atoms with Gasteiger partial charge in [-0.15, -0.1) is 0 Å². The number of carbonyl (C=O) groups is 1. The first-order valence-electron chi connectivity index (χ1n) is 10.7. The minimum absolute atomic E-state index is 0.0278. The van der Waals surface area contributed by atoms with Gasteiger partial charge >= 0.3 is 6.18 Å². The summed E-state index contributed by atoms with van der Waals surface area (Å²) in [6.07, 6.45) is -1.23. The SMILES string of the molecule is Cn1ncc(-c2nc(-c3cccc(C(=O)N4CCC4)c3)no2)c1COc1ccc(C(F)(F)F)cn1. The molecule has 0 radical (unpaired) electrons. The zero-order chi connectivity index (χ0) is 24.6. The minimum Gasteiger partial charge on any atom is -0.471 e. The molecular formula is C23H19F3N6O3. The van der Waals surface area contributed by atoms with Crippen molar-refractivity contribution in [3.05, 3.63) is 65.6 Å². The maximum Gasteiger partial charge on any atom is 0.417 e. The molecule has 0 spiro atoms. The number of hydrogen-bond acceptors (Lipinski definition) is 7. The average Bonchev–Trinajstić information content (AvgIpc) is 3.43. The molecule has 0 aliphatic carbocycles. The summed E-state index contributed by atoms with van der Waals surface area (Å²) < 4.78 is 50.7. The van der Waals surface area contributed by atoms with E-state index < -0.39 is 11.7 Å². The van der Waals surface area contributed by atoms with Crippen molar-refractivity contribution >= 4 is 5.91 Å². The Labute approximate surface area is 197 Å². The molecule has 1 aliphatic rings. The fourth-order valence-corrected chi connectivity index (χ4v) is 3.53. The van der Waals surface area contributed by atoms with Gasteiger partial charge in [-0.1, -0.05) is 17.3 Å². The first-order valence-corrected chi connectivity index (χ1v) is 10.7. The molecule has 0 N–H and O–H groups in total. The van der Waals surface area contributed by atoms with Gasteiger partial charge in [-0.05, 0) is 24.6 Å². The van der Waals surface area contributed by atoms with Crippen LogP contribution >= 0.6 is 0 Å². The Kier molecular flexibility index (Phi) is 5.71. The van der Waals surface area contributed by atoms with E-state index in [-0.39, 0.29) is 24.3 Å². The van der Waals surface area contributed by atoms with Gasteiger partial charge in [0.25, 0.3) is 11.8 Å². The summed E-state index contributed by atoms with van der Waals surface area (Å²) in [6.45, 7) is 1.47.